The third-order valence-corrected chi connectivity index (χ3v) is 3.60. The predicted molar refractivity (Wildman–Crippen MR) is 83.9 cm³/mol. The number of carbonyl (C=O) groups is 2. The van der Waals surface area contributed by atoms with Gasteiger partial charge in [-0.25, -0.2) is 0 Å². The molecule has 1 fully saturated rings. The first-order valence-electron chi connectivity index (χ1n) is 7.59. The lowest BCUT2D eigenvalue weighted by atomic mass is 9.85. The van der Waals surface area contributed by atoms with Crippen molar-refractivity contribution in [1.82, 2.24) is 0 Å². The summed E-state index contributed by atoms with van der Waals surface area (Å²) in [6.45, 7) is 4.23. The highest BCUT2D eigenvalue weighted by Crippen LogP contribution is 2.32. The fourth-order valence-electron chi connectivity index (χ4n) is 2.29. The van der Waals surface area contributed by atoms with Crippen molar-refractivity contribution in [3.63, 3.8) is 0 Å². The Hall–Kier alpha value is -2.04. The molecule has 0 aliphatic heterocycles. The number of hydrogen-bond acceptors (Lipinski definition) is 3. The van der Waals surface area contributed by atoms with Gasteiger partial charge in [-0.2, -0.15) is 0 Å². The van der Waals surface area contributed by atoms with Gasteiger partial charge in [0.25, 0.3) is 0 Å². The van der Waals surface area contributed by atoms with E-state index in [0.29, 0.717) is 24.0 Å². The number of rotatable bonds is 8. The van der Waals surface area contributed by atoms with Gasteiger partial charge in [0.05, 0.1) is 18.7 Å². The zero-order valence-electron chi connectivity index (χ0n) is 13.1. The summed E-state index contributed by atoms with van der Waals surface area (Å²) in [5, 5.41) is 11.7. The van der Waals surface area contributed by atoms with Gasteiger partial charge in [0.2, 0.25) is 5.91 Å². The maximum atomic E-state index is 12.2. The van der Waals surface area contributed by atoms with Crippen molar-refractivity contribution in [3.05, 3.63) is 24.3 Å². The van der Waals surface area contributed by atoms with E-state index in [-0.39, 0.29) is 18.7 Å². The lowest BCUT2D eigenvalue weighted by molar-refractivity contribution is -0.139. The molecule has 0 bridgehead atoms. The van der Waals surface area contributed by atoms with Crippen LogP contribution in [0, 0.1) is 11.3 Å². The Bertz CT molecular complexity index is 549. The van der Waals surface area contributed by atoms with Crippen molar-refractivity contribution in [2.45, 2.75) is 39.5 Å². The molecule has 0 saturated heterocycles. The van der Waals surface area contributed by atoms with Crippen molar-refractivity contribution in [2.24, 2.45) is 11.3 Å². The molecule has 0 aromatic heterocycles. The monoisotopic (exact) mass is 305 g/mol. The van der Waals surface area contributed by atoms with Gasteiger partial charge in [-0.05, 0) is 36.3 Å². The molecular weight excluding hydrogens is 282 g/mol. The van der Waals surface area contributed by atoms with Crippen LogP contribution in [0.3, 0.4) is 0 Å². The highest BCUT2D eigenvalue weighted by Gasteiger charge is 2.26. The third-order valence-electron chi connectivity index (χ3n) is 3.60. The normalized spacial score (nSPS) is 14.5. The second-order valence-electron chi connectivity index (χ2n) is 6.71. The van der Waals surface area contributed by atoms with Crippen molar-refractivity contribution < 1.29 is 19.4 Å². The van der Waals surface area contributed by atoms with Crippen molar-refractivity contribution >= 4 is 17.6 Å². The molecular formula is C17H23NO4. The number of hydrogen-bond donors (Lipinski definition) is 2. The van der Waals surface area contributed by atoms with Crippen LogP contribution in [0.5, 0.6) is 5.75 Å². The molecule has 2 N–H and O–H groups in total. The number of para-hydroxylation sites is 2. The van der Waals surface area contributed by atoms with Crippen molar-refractivity contribution in [2.75, 3.05) is 11.9 Å². The molecule has 0 radical (unpaired) electrons. The third kappa shape index (κ3) is 5.39. The van der Waals surface area contributed by atoms with E-state index >= 15 is 0 Å². The Morgan fingerprint density at radius 3 is 2.59 bits per heavy atom. The Balaban J connectivity index is 1.94. The van der Waals surface area contributed by atoms with Crippen molar-refractivity contribution in [3.8, 4) is 5.75 Å². The first kappa shape index (κ1) is 16.3. The zero-order valence-corrected chi connectivity index (χ0v) is 13.1. The number of carbonyl (C=O) groups excluding carboxylic acids is 1. The van der Waals surface area contributed by atoms with Crippen LogP contribution in [0.1, 0.15) is 39.5 Å². The first-order valence-corrected chi connectivity index (χ1v) is 7.59. The maximum Gasteiger partial charge on any atom is 0.303 e. The van der Waals surface area contributed by atoms with Gasteiger partial charge in [0.15, 0.2) is 0 Å². The Labute approximate surface area is 130 Å². The minimum atomic E-state index is -0.897. The molecule has 1 amide bonds. The van der Waals surface area contributed by atoms with E-state index < -0.39 is 11.4 Å². The number of carboxylic acid groups (broad SMARTS) is 1. The quantitative estimate of drug-likeness (QED) is 0.772. The van der Waals surface area contributed by atoms with E-state index in [9.17, 15) is 9.59 Å². The van der Waals surface area contributed by atoms with Crippen LogP contribution in [0.15, 0.2) is 24.3 Å². The van der Waals surface area contributed by atoms with Crippen LogP contribution >= 0.6 is 0 Å². The summed E-state index contributed by atoms with van der Waals surface area (Å²) in [6.07, 6.45) is 2.52. The van der Waals surface area contributed by atoms with Gasteiger partial charge in [0.1, 0.15) is 5.75 Å². The predicted octanol–water partition coefficient (Wildman–Crippen LogP) is 3.30. The van der Waals surface area contributed by atoms with Gasteiger partial charge >= 0.3 is 5.97 Å². The minimum Gasteiger partial charge on any atom is -0.491 e. The van der Waals surface area contributed by atoms with E-state index in [4.69, 9.17) is 9.84 Å². The average Bonchev–Trinajstić information content (AvgIpc) is 3.19. The fourth-order valence-corrected chi connectivity index (χ4v) is 2.29. The van der Waals surface area contributed by atoms with E-state index in [1.165, 1.54) is 12.8 Å². The second kappa shape index (κ2) is 6.81. The Morgan fingerprint density at radius 1 is 1.27 bits per heavy atom. The highest BCUT2D eigenvalue weighted by atomic mass is 16.5. The summed E-state index contributed by atoms with van der Waals surface area (Å²) in [7, 11) is 0. The van der Waals surface area contributed by atoms with Crippen molar-refractivity contribution in [1.29, 1.82) is 0 Å². The minimum absolute atomic E-state index is 0.0414. The number of ether oxygens (including phenoxy) is 1. The molecule has 1 aromatic carbocycles. The molecule has 0 spiro atoms. The SMILES string of the molecule is CC(C)(CC(=O)O)CC(=O)Nc1ccccc1OCC1CC1. The van der Waals surface area contributed by atoms with Gasteiger partial charge < -0.3 is 15.2 Å². The summed E-state index contributed by atoms with van der Waals surface area (Å²) >= 11 is 0. The molecule has 0 atom stereocenters. The molecule has 2 rings (SSSR count). The van der Waals surface area contributed by atoms with E-state index in [1.807, 2.05) is 18.2 Å². The smallest absolute Gasteiger partial charge is 0.303 e. The van der Waals surface area contributed by atoms with Gasteiger partial charge in [-0.1, -0.05) is 26.0 Å². The second-order valence-corrected chi connectivity index (χ2v) is 6.71. The number of benzene rings is 1. The van der Waals surface area contributed by atoms with Gasteiger partial charge in [0, 0.05) is 6.42 Å². The van der Waals surface area contributed by atoms with E-state index in [0.717, 1.165) is 0 Å². The highest BCUT2D eigenvalue weighted by molar-refractivity contribution is 5.92. The van der Waals surface area contributed by atoms with Gasteiger partial charge in [-0.15, -0.1) is 0 Å². The van der Waals surface area contributed by atoms with Crippen LogP contribution in [-0.4, -0.2) is 23.6 Å². The number of nitrogens with one attached hydrogen (secondary N) is 1. The number of anilines is 1. The number of carboxylic acids is 1. The molecule has 0 heterocycles. The molecule has 1 aliphatic carbocycles. The summed E-state index contributed by atoms with van der Waals surface area (Å²) in [5.74, 6) is 0.205. The van der Waals surface area contributed by atoms with E-state index in [2.05, 4.69) is 5.32 Å². The Kier molecular flexibility index (Phi) is 5.06. The lowest BCUT2D eigenvalue weighted by Crippen LogP contribution is -2.25. The molecule has 5 nitrogen and oxygen atoms in total. The van der Waals surface area contributed by atoms with Crippen LogP contribution in [-0.2, 0) is 9.59 Å². The summed E-state index contributed by atoms with van der Waals surface area (Å²) in [4.78, 5) is 23.0. The van der Waals surface area contributed by atoms with Crippen LogP contribution in [0.2, 0.25) is 0 Å². The number of amides is 1. The topological polar surface area (TPSA) is 75.6 Å². The first-order chi connectivity index (χ1) is 10.4. The molecule has 120 valence electrons. The van der Waals surface area contributed by atoms with Crippen LogP contribution < -0.4 is 10.1 Å². The van der Waals surface area contributed by atoms with Crippen LogP contribution in [0.4, 0.5) is 5.69 Å². The van der Waals surface area contributed by atoms with E-state index in [1.54, 1.807) is 19.9 Å². The summed E-state index contributed by atoms with van der Waals surface area (Å²) in [5.41, 5.74) is 0.0546. The standard InChI is InChI=1S/C17H23NO4/c1-17(2,10-16(20)21)9-15(19)18-13-5-3-4-6-14(13)22-11-12-7-8-12/h3-6,12H,7-11H2,1-2H3,(H,18,19)(H,20,21). The largest absolute Gasteiger partial charge is 0.491 e. The molecule has 22 heavy (non-hydrogen) atoms. The van der Waals surface area contributed by atoms with Gasteiger partial charge in [-0.3, -0.25) is 9.59 Å². The lowest BCUT2D eigenvalue weighted by Gasteiger charge is -2.22. The fraction of sp³-hybridized carbons (Fsp3) is 0.529. The molecule has 1 aliphatic rings. The molecule has 5 heteroatoms. The molecule has 1 saturated carbocycles. The van der Waals surface area contributed by atoms with Crippen LogP contribution in [0.25, 0.3) is 0 Å². The summed E-state index contributed by atoms with van der Waals surface area (Å²) < 4.78 is 5.75. The Morgan fingerprint density at radius 2 is 1.95 bits per heavy atom. The zero-order chi connectivity index (χ0) is 16.2. The average molecular weight is 305 g/mol. The molecule has 1 aromatic rings. The number of aliphatic carboxylic acids is 1. The molecule has 0 unspecified atom stereocenters. The maximum absolute atomic E-state index is 12.2. The summed E-state index contributed by atoms with van der Waals surface area (Å²) in [6, 6.07) is 7.33.